The van der Waals surface area contributed by atoms with E-state index < -0.39 is 6.10 Å². The van der Waals surface area contributed by atoms with Crippen LogP contribution >= 0.6 is 11.6 Å². The Bertz CT molecular complexity index is 513. The summed E-state index contributed by atoms with van der Waals surface area (Å²) in [6.45, 7) is 5.94. The molecule has 1 unspecified atom stereocenters. The van der Waals surface area contributed by atoms with Crippen molar-refractivity contribution in [3.63, 3.8) is 0 Å². The van der Waals surface area contributed by atoms with E-state index in [9.17, 15) is 4.79 Å². The number of nitrogens with one attached hydrogen (secondary N) is 1. The van der Waals surface area contributed by atoms with Crippen molar-refractivity contribution in [1.82, 2.24) is 10.2 Å². The summed E-state index contributed by atoms with van der Waals surface area (Å²) in [7, 11) is 2.11. The van der Waals surface area contributed by atoms with E-state index in [-0.39, 0.29) is 11.9 Å². The fraction of sp³-hybridized carbons (Fsp3) is 0.588. The van der Waals surface area contributed by atoms with Gasteiger partial charge in [-0.2, -0.15) is 0 Å². The molecule has 1 amide bonds. The zero-order valence-electron chi connectivity index (χ0n) is 13.6. The standard InChI is InChI=1S/C17H25ClN2O2/c1-4-16(22-14-5-6-15(18)12(2)11-14)17(21)19-13-7-9-20(3)10-8-13/h5-6,11,13,16H,4,7-10H2,1-3H3,(H,19,21). The van der Waals surface area contributed by atoms with Crippen molar-refractivity contribution >= 4 is 17.5 Å². The van der Waals surface area contributed by atoms with Gasteiger partial charge in [-0.15, -0.1) is 0 Å². The van der Waals surface area contributed by atoms with Gasteiger partial charge in [-0.25, -0.2) is 0 Å². The lowest BCUT2D eigenvalue weighted by Crippen LogP contribution is -2.47. The first-order valence-electron chi connectivity index (χ1n) is 7.91. The van der Waals surface area contributed by atoms with Gasteiger partial charge in [0, 0.05) is 11.1 Å². The summed E-state index contributed by atoms with van der Waals surface area (Å²) < 4.78 is 5.84. The van der Waals surface area contributed by atoms with Gasteiger partial charge in [-0.05, 0) is 70.1 Å². The number of ether oxygens (including phenoxy) is 1. The highest BCUT2D eigenvalue weighted by Gasteiger charge is 2.24. The molecular weight excluding hydrogens is 300 g/mol. The van der Waals surface area contributed by atoms with Crippen molar-refractivity contribution in [3.8, 4) is 5.75 Å². The van der Waals surface area contributed by atoms with Gasteiger partial charge in [0.25, 0.3) is 5.91 Å². The number of halogens is 1. The van der Waals surface area contributed by atoms with E-state index in [1.54, 1.807) is 12.1 Å². The minimum absolute atomic E-state index is 0.0235. The molecule has 4 nitrogen and oxygen atoms in total. The molecule has 1 heterocycles. The molecule has 2 rings (SSSR count). The second-order valence-corrected chi connectivity index (χ2v) is 6.42. The maximum Gasteiger partial charge on any atom is 0.261 e. The zero-order chi connectivity index (χ0) is 16.1. The first-order chi connectivity index (χ1) is 10.5. The fourth-order valence-electron chi connectivity index (χ4n) is 2.62. The van der Waals surface area contributed by atoms with Crippen LogP contribution in [0.2, 0.25) is 5.02 Å². The minimum atomic E-state index is -0.458. The molecule has 5 heteroatoms. The monoisotopic (exact) mass is 324 g/mol. The van der Waals surface area contributed by atoms with E-state index in [0.29, 0.717) is 17.2 Å². The molecule has 22 heavy (non-hydrogen) atoms. The van der Waals surface area contributed by atoms with Crippen LogP contribution in [0.3, 0.4) is 0 Å². The molecule has 0 aliphatic carbocycles. The number of carbonyl (C=O) groups excluding carboxylic acids is 1. The second-order valence-electron chi connectivity index (χ2n) is 6.01. The Morgan fingerprint density at radius 1 is 1.45 bits per heavy atom. The van der Waals surface area contributed by atoms with Gasteiger partial charge in [0.15, 0.2) is 6.10 Å². The summed E-state index contributed by atoms with van der Waals surface area (Å²) in [5, 5.41) is 3.82. The van der Waals surface area contributed by atoms with Gasteiger partial charge in [-0.3, -0.25) is 4.79 Å². The smallest absolute Gasteiger partial charge is 0.261 e. The van der Waals surface area contributed by atoms with Crippen LogP contribution in [0.5, 0.6) is 5.75 Å². The van der Waals surface area contributed by atoms with E-state index in [2.05, 4.69) is 17.3 Å². The maximum absolute atomic E-state index is 12.4. The Kier molecular flexibility index (Phi) is 6.09. The predicted octanol–water partition coefficient (Wildman–Crippen LogP) is 3.02. The Morgan fingerprint density at radius 3 is 2.73 bits per heavy atom. The van der Waals surface area contributed by atoms with Crippen molar-refractivity contribution in [2.75, 3.05) is 20.1 Å². The number of amides is 1. The highest BCUT2D eigenvalue weighted by molar-refractivity contribution is 6.31. The van der Waals surface area contributed by atoms with Crippen molar-refractivity contribution in [2.24, 2.45) is 0 Å². The SMILES string of the molecule is CCC(Oc1ccc(Cl)c(C)c1)C(=O)NC1CCN(C)CC1. The molecule has 0 bridgehead atoms. The summed E-state index contributed by atoms with van der Waals surface area (Å²) in [5.74, 6) is 0.664. The topological polar surface area (TPSA) is 41.6 Å². The molecule has 0 radical (unpaired) electrons. The molecule has 1 aliphatic rings. The number of hydrogen-bond donors (Lipinski definition) is 1. The van der Waals surface area contributed by atoms with Crippen LogP contribution in [0.1, 0.15) is 31.7 Å². The summed E-state index contributed by atoms with van der Waals surface area (Å²) >= 11 is 6.02. The van der Waals surface area contributed by atoms with Crippen molar-refractivity contribution in [3.05, 3.63) is 28.8 Å². The molecular formula is C17H25ClN2O2. The van der Waals surface area contributed by atoms with Crippen molar-refractivity contribution in [2.45, 2.75) is 45.3 Å². The second kappa shape index (κ2) is 7.84. The van der Waals surface area contributed by atoms with E-state index in [0.717, 1.165) is 31.5 Å². The third kappa shape index (κ3) is 4.62. The van der Waals surface area contributed by atoms with Crippen LogP contribution in [0, 0.1) is 6.92 Å². The molecule has 1 N–H and O–H groups in total. The minimum Gasteiger partial charge on any atom is -0.481 e. The van der Waals surface area contributed by atoms with E-state index >= 15 is 0 Å². The lowest BCUT2D eigenvalue weighted by Gasteiger charge is -2.30. The summed E-state index contributed by atoms with van der Waals surface area (Å²) in [6, 6.07) is 5.73. The molecule has 1 atom stereocenters. The third-order valence-electron chi connectivity index (χ3n) is 4.14. The molecule has 0 aromatic heterocycles. The fourth-order valence-corrected chi connectivity index (χ4v) is 2.74. The molecule has 0 saturated carbocycles. The average molecular weight is 325 g/mol. The van der Waals surface area contributed by atoms with Crippen LogP contribution in [0.15, 0.2) is 18.2 Å². The predicted molar refractivity (Wildman–Crippen MR) is 89.6 cm³/mol. The molecule has 1 aromatic carbocycles. The molecule has 1 fully saturated rings. The van der Waals surface area contributed by atoms with Crippen LogP contribution < -0.4 is 10.1 Å². The van der Waals surface area contributed by atoms with Gasteiger partial charge in [0.1, 0.15) is 5.75 Å². The normalized spacial score (nSPS) is 18.0. The summed E-state index contributed by atoms with van der Waals surface area (Å²) in [6.07, 6.45) is 2.18. The Balaban J connectivity index is 1.92. The van der Waals surface area contributed by atoms with Gasteiger partial charge in [0.2, 0.25) is 0 Å². The lowest BCUT2D eigenvalue weighted by atomic mass is 10.1. The largest absolute Gasteiger partial charge is 0.481 e. The first-order valence-corrected chi connectivity index (χ1v) is 8.29. The lowest BCUT2D eigenvalue weighted by molar-refractivity contribution is -0.129. The summed E-state index contributed by atoms with van der Waals surface area (Å²) in [5.41, 5.74) is 0.949. The first kappa shape index (κ1) is 17.1. The van der Waals surface area contributed by atoms with E-state index in [4.69, 9.17) is 16.3 Å². The number of likely N-dealkylation sites (tertiary alicyclic amines) is 1. The van der Waals surface area contributed by atoms with Gasteiger partial charge < -0.3 is 15.0 Å². The highest BCUT2D eigenvalue weighted by Crippen LogP contribution is 2.22. The van der Waals surface area contributed by atoms with Crippen molar-refractivity contribution in [1.29, 1.82) is 0 Å². The van der Waals surface area contributed by atoms with Gasteiger partial charge in [-0.1, -0.05) is 18.5 Å². The van der Waals surface area contributed by atoms with Crippen molar-refractivity contribution < 1.29 is 9.53 Å². The number of benzene rings is 1. The molecule has 122 valence electrons. The quantitative estimate of drug-likeness (QED) is 0.905. The molecule has 1 aliphatic heterocycles. The van der Waals surface area contributed by atoms with Crippen LogP contribution in [-0.2, 0) is 4.79 Å². The highest BCUT2D eigenvalue weighted by atomic mass is 35.5. The Hall–Kier alpha value is -1.26. The molecule has 1 aromatic rings. The maximum atomic E-state index is 12.4. The average Bonchev–Trinajstić information content (AvgIpc) is 2.50. The number of rotatable bonds is 5. The van der Waals surface area contributed by atoms with Crippen LogP contribution in [0.25, 0.3) is 0 Å². The van der Waals surface area contributed by atoms with Gasteiger partial charge >= 0.3 is 0 Å². The van der Waals surface area contributed by atoms with Crippen LogP contribution in [-0.4, -0.2) is 43.1 Å². The number of carbonyl (C=O) groups is 1. The van der Waals surface area contributed by atoms with Crippen LogP contribution in [0.4, 0.5) is 0 Å². The number of hydrogen-bond acceptors (Lipinski definition) is 3. The molecule has 0 spiro atoms. The Labute approximate surface area is 137 Å². The Morgan fingerprint density at radius 2 is 2.14 bits per heavy atom. The number of piperidine rings is 1. The van der Waals surface area contributed by atoms with Gasteiger partial charge in [0.05, 0.1) is 0 Å². The molecule has 1 saturated heterocycles. The number of aryl methyl sites for hydroxylation is 1. The third-order valence-corrected chi connectivity index (χ3v) is 4.56. The van der Waals surface area contributed by atoms with E-state index in [1.165, 1.54) is 0 Å². The number of nitrogens with zero attached hydrogens (tertiary/aromatic N) is 1. The zero-order valence-corrected chi connectivity index (χ0v) is 14.3. The summed E-state index contributed by atoms with van der Waals surface area (Å²) in [4.78, 5) is 14.7. The van der Waals surface area contributed by atoms with E-state index in [1.807, 2.05) is 19.9 Å².